The molecule has 0 saturated carbocycles. The number of phenols is 1. The normalized spacial score (nSPS) is 23.7. The van der Waals surface area contributed by atoms with Crippen LogP contribution in [0, 0.1) is 0 Å². The average molecular weight is 442 g/mol. The molecule has 5 heteroatoms. The van der Waals surface area contributed by atoms with Crippen molar-refractivity contribution in [1.29, 1.82) is 0 Å². The van der Waals surface area contributed by atoms with Crippen LogP contribution in [0.2, 0.25) is 0 Å². The molecule has 5 nitrogen and oxygen atoms in total. The fourth-order valence-electron chi connectivity index (χ4n) is 5.94. The number of amides is 1. The Kier molecular flexibility index (Phi) is 4.70. The van der Waals surface area contributed by atoms with Gasteiger partial charge in [0.25, 0.3) is 0 Å². The molecule has 1 fully saturated rings. The summed E-state index contributed by atoms with van der Waals surface area (Å²) in [5.41, 5.74) is 5.57. The van der Waals surface area contributed by atoms with Gasteiger partial charge in [0.1, 0.15) is 11.9 Å². The van der Waals surface area contributed by atoms with E-state index in [0.717, 1.165) is 52.6 Å². The molecule has 3 aromatic rings. The van der Waals surface area contributed by atoms with Crippen molar-refractivity contribution in [2.45, 2.75) is 43.9 Å². The summed E-state index contributed by atoms with van der Waals surface area (Å²) in [5.74, 6) is 0.234. The summed E-state index contributed by atoms with van der Waals surface area (Å²) in [6, 6.07) is 21.9. The van der Waals surface area contributed by atoms with Crippen molar-refractivity contribution in [3.05, 3.63) is 89.0 Å². The first-order valence-corrected chi connectivity index (χ1v) is 11.7. The molecule has 3 aliphatic rings. The monoisotopic (exact) mass is 441 g/mol. The number of rotatable bonds is 2. The van der Waals surface area contributed by atoms with Gasteiger partial charge in [0.2, 0.25) is 0 Å². The first-order chi connectivity index (χ1) is 16.1. The van der Waals surface area contributed by atoms with Gasteiger partial charge >= 0.3 is 6.09 Å². The third-order valence-electron chi connectivity index (χ3n) is 7.55. The highest BCUT2D eigenvalue weighted by atomic mass is 16.6. The minimum atomic E-state index is -0.595. The van der Waals surface area contributed by atoms with E-state index in [2.05, 4.69) is 19.1 Å². The minimum Gasteiger partial charge on any atom is -0.508 e. The van der Waals surface area contributed by atoms with E-state index in [1.807, 2.05) is 53.4 Å². The van der Waals surface area contributed by atoms with Gasteiger partial charge in [-0.3, -0.25) is 4.90 Å². The second-order valence-corrected chi connectivity index (χ2v) is 9.40. The molecular formula is C28H27NO4. The molecule has 0 aromatic heterocycles. The number of benzene rings is 3. The molecule has 1 aliphatic carbocycles. The molecule has 1 unspecified atom stereocenters. The van der Waals surface area contributed by atoms with E-state index in [9.17, 15) is 9.90 Å². The van der Waals surface area contributed by atoms with Crippen molar-refractivity contribution in [2.75, 3.05) is 13.2 Å². The average Bonchev–Trinajstić information content (AvgIpc) is 3.38. The van der Waals surface area contributed by atoms with Gasteiger partial charge in [0.15, 0.2) is 6.10 Å². The molecule has 2 heterocycles. The second kappa shape index (κ2) is 7.63. The van der Waals surface area contributed by atoms with Crippen molar-refractivity contribution >= 4 is 6.09 Å². The van der Waals surface area contributed by atoms with Gasteiger partial charge in [-0.15, -0.1) is 0 Å². The number of carbonyl (C=O) groups excluding carboxylic acids is 1. The Hall–Kier alpha value is -3.31. The van der Waals surface area contributed by atoms with Crippen LogP contribution >= 0.6 is 0 Å². The number of likely N-dealkylation sites (tertiary alicyclic amines) is 1. The van der Waals surface area contributed by atoms with Crippen LogP contribution in [-0.2, 0) is 15.9 Å². The molecule has 1 saturated heterocycles. The Morgan fingerprint density at radius 3 is 2.45 bits per heavy atom. The number of hydrogen-bond acceptors (Lipinski definition) is 4. The third kappa shape index (κ3) is 3.06. The Balaban J connectivity index is 1.33. The molecule has 33 heavy (non-hydrogen) atoms. The maximum absolute atomic E-state index is 13.7. The molecule has 1 amide bonds. The molecule has 2 atom stereocenters. The van der Waals surface area contributed by atoms with Gasteiger partial charge < -0.3 is 14.6 Å². The molecule has 0 spiro atoms. The van der Waals surface area contributed by atoms with Crippen molar-refractivity contribution in [1.82, 2.24) is 4.90 Å². The zero-order valence-corrected chi connectivity index (χ0v) is 18.7. The SMILES string of the molecule is C[C@@]1(C2OCCc3cccc(O)c32)CCCN1C(=O)OC1c2ccccc2-c2ccccc21. The zero-order chi connectivity index (χ0) is 22.6. The summed E-state index contributed by atoms with van der Waals surface area (Å²) >= 11 is 0. The number of carbonyl (C=O) groups is 1. The lowest BCUT2D eigenvalue weighted by Crippen LogP contribution is -2.51. The van der Waals surface area contributed by atoms with E-state index >= 15 is 0 Å². The van der Waals surface area contributed by atoms with Crippen LogP contribution in [-0.4, -0.2) is 34.8 Å². The Morgan fingerprint density at radius 2 is 1.73 bits per heavy atom. The van der Waals surface area contributed by atoms with Crippen molar-refractivity contribution in [3.8, 4) is 16.9 Å². The highest BCUT2D eigenvalue weighted by molar-refractivity contribution is 5.80. The summed E-state index contributed by atoms with van der Waals surface area (Å²) in [4.78, 5) is 15.5. The lowest BCUT2D eigenvalue weighted by atomic mass is 9.82. The van der Waals surface area contributed by atoms with Crippen LogP contribution in [0.3, 0.4) is 0 Å². The van der Waals surface area contributed by atoms with Crippen molar-refractivity contribution in [2.24, 2.45) is 0 Å². The van der Waals surface area contributed by atoms with Gasteiger partial charge in [0, 0.05) is 23.2 Å². The molecular weight excluding hydrogens is 414 g/mol. The van der Waals surface area contributed by atoms with E-state index < -0.39 is 11.6 Å². The number of aromatic hydroxyl groups is 1. The van der Waals surface area contributed by atoms with Gasteiger partial charge in [-0.1, -0.05) is 60.7 Å². The summed E-state index contributed by atoms with van der Waals surface area (Å²) < 4.78 is 12.4. The topological polar surface area (TPSA) is 59.0 Å². The summed E-state index contributed by atoms with van der Waals surface area (Å²) in [6.45, 7) is 3.24. The molecule has 168 valence electrons. The fourth-order valence-corrected chi connectivity index (χ4v) is 5.94. The molecule has 1 N–H and O–H groups in total. The highest BCUT2D eigenvalue weighted by Crippen LogP contribution is 2.49. The largest absolute Gasteiger partial charge is 0.508 e. The van der Waals surface area contributed by atoms with Gasteiger partial charge in [-0.2, -0.15) is 0 Å². The van der Waals surface area contributed by atoms with Crippen LogP contribution < -0.4 is 0 Å². The van der Waals surface area contributed by atoms with Crippen molar-refractivity contribution in [3.63, 3.8) is 0 Å². The number of phenolic OH excluding ortho intramolecular Hbond substituents is 1. The van der Waals surface area contributed by atoms with Crippen LogP contribution in [0.15, 0.2) is 66.7 Å². The van der Waals surface area contributed by atoms with Crippen LogP contribution in [0.5, 0.6) is 5.75 Å². The maximum atomic E-state index is 13.7. The fraction of sp³-hybridized carbons (Fsp3) is 0.321. The number of ether oxygens (including phenoxy) is 2. The smallest absolute Gasteiger partial charge is 0.411 e. The van der Waals surface area contributed by atoms with Gasteiger partial charge in [0.05, 0.1) is 12.1 Å². The maximum Gasteiger partial charge on any atom is 0.411 e. The third-order valence-corrected chi connectivity index (χ3v) is 7.55. The molecule has 6 rings (SSSR count). The lowest BCUT2D eigenvalue weighted by molar-refractivity contribution is -0.0590. The molecule has 2 aliphatic heterocycles. The van der Waals surface area contributed by atoms with Crippen LogP contribution in [0.4, 0.5) is 4.79 Å². The van der Waals surface area contributed by atoms with Crippen LogP contribution in [0.1, 0.15) is 54.2 Å². The predicted octanol–water partition coefficient (Wildman–Crippen LogP) is 5.77. The number of hydrogen-bond donors (Lipinski definition) is 1. The molecule has 0 radical (unpaired) electrons. The zero-order valence-electron chi connectivity index (χ0n) is 18.7. The summed E-state index contributed by atoms with van der Waals surface area (Å²) in [7, 11) is 0. The van der Waals surface area contributed by atoms with E-state index in [4.69, 9.17) is 9.47 Å². The number of nitrogens with zero attached hydrogens (tertiary/aromatic N) is 1. The van der Waals surface area contributed by atoms with Crippen LogP contribution in [0.25, 0.3) is 11.1 Å². The highest BCUT2D eigenvalue weighted by Gasteiger charge is 2.50. The van der Waals surface area contributed by atoms with Gasteiger partial charge in [-0.05, 0) is 48.9 Å². The Labute approximate surface area is 193 Å². The lowest BCUT2D eigenvalue weighted by Gasteiger charge is -2.43. The predicted molar refractivity (Wildman–Crippen MR) is 125 cm³/mol. The molecule has 0 bridgehead atoms. The van der Waals surface area contributed by atoms with E-state index in [-0.39, 0.29) is 17.9 Å². The quantitative estimate of drug-likeness (QED) is 0.549. The summed E-state index contributed by atoms with van der Waals surface area (Å²) in [5, 5.41) is 10.7. The van der Waals surface area contributed by atoms with Crippen molar-refractivity contribution < 1.29 is 19.4 Å². The summed E-state index contributed by atoms with van der Waals surface area (Å²) in [6.07, 6.45) is 1.27. The van der Waals surface area contributed by atoms with E-state index in [0.29, 0.717) is 13.2 Å². The first kappa shape index (κ1) is 20.3. The Morgan fingerprint density at radius 1 is 1.03 bits per heavy atom. The second-order valence-electron chi connectivity index (χ2n) is 9.40. The van der Waals surface area contributed by atoms with E-state index in [1.165, 1.54) is 0 Å². The number of fused-ring (bicyclic) bond motifs is 4. The van der Waals surface area contributed by atoms with Gasteiger partial charge in [-0.25, -0.2) is 4.79 Å². The molecule has 3 aromatic carbocycles. The minimum absolute atomic E-state index is 0.234. The first-order valence-electron chi connectivity index (χ1n) is 11.7. The standard InChI is InChI=1S/C28H27NO4/c1-28(26-24-18(14-17-32-26)8-6-13-23(24)30)15-7-16-29(28)27(31)33-25-21-11-4-2-9-19(21)20-10-3-5-12-22(20)25/h2-6,8-13,25-26,30H,7,14-17H2,1H3/t26?,28-/m0/s1. The Bertz CT molecular complexity index is 1190. The van der Waals surface area contributed by atoms with E-state index in [1.54, 1.807) is 6.07 Å².